The van der Waals surface area contributed by atoms with Gasteiger partial charge in [-0.3, -0.25) is 9.13 Å². The molecule has 2 heterocycles. The Morgan fingerprint density at radius 1 is 0.889 bits per heavy atom. The van der Waals surface area contributed by atoms with E-state index in [0.29, 0.717) is 18.9 Å². The van der Waals surface area contributed by atoms with Crippen LogP contribution < -0.4 is 5.69 Å². The number of allylic oxidation sites excluding steroid dienone is 2. The highest BCUT2D eigenvalue weighted by Crippen LogP contribution is 2.29. The highest BCUT2D eigenvalue weighted by Gasteiger charge is 2.13. The van der Waals surface area contributed by atoms with Gasteiger partial charge in [0.15, 0.2) is 0 Å². The number of H-pyrrole nitrogens is 1. The predicted octanol–water partition coefficient (Wildman–Crippen LogP) is 4.91. The molecule has 0 atom stereocenters. The van der Waals surface area contributed by atoms with Gasteiger partial charge in [-0.05, 0) is 40.8 Å². The first-order valence-electron chi connectivity index (χ1n) is 12.1. The van der Waals surface area contributed by atoms with Gasteiger partial charge in [-0.15, -0.1) is 10.2 Å². The number of aryl methyl sites for hydroxylation is 2. The van der Waals surface area contributed by atoms with Gasteiger partial charge >= 0.3 is 5.69 Å². The zero-order chi connectivity index (χ0) is 24.7. The number of nitrogens with one attached hydrogen (secondary N) is 1. The zero-order valence-electron chi connectivity index (χ0n) is 20.2. The minimum absolute atomic E-state index is 0.0250. The summed E-state index contributed by atoms with van der Waals surface area (Å²) in [7, 11) is 0. The molecular formula is C29H28N6O. The Bertz CT molecular complexity index is 1500. The van der Waals surface area contributed by atoms with Crippen molar-refractivity contribution in [2.75, 3.05) is 0 Å². The molecule has 0 saturated heterocycles. The standard InChI is InChI=1S/C29H28N6O/c1-2-3-11-25-21-34(19-18-22-9-5-4-6-10-22)29(36)35(25)20-23-14-16-24(17-15-23)26-12-7-8-13-27(26)28-30-32-33-31-28/h2-10,12-17,21H,11,18-20H2,1H3,(H,30,31,32,33). The third-order valence-corrected chi connectivity index (χ3v) is 6.29. The van der Waals surface area contributed by atoms with Crippen molar-refractivity contribution < 1.29 is 0 Å². The Morgan fingerprint density at radius 2 is 1.64 bits per heavy atom. The van der Waals surface area contributed by atoms with Gasteiger partial charge in [0.2, 0.25) is 5.82 Å². The molecule has 180 valence electrons. The molecule has 0 amide bonds. The second kappa shape index (κ2) is 10.8. The second-order valence-corrected chi connectivity index (χ2v) is 8.67. The Hall–Kier alpha value is -4.52. The van der Waals surface area contributed by atoms with E-state index in [1.807, 2.05) is 70.8 Å². The van der Waals surface area contributed by atoms with Crippen LogP contribution in [-0.2, 0) is 25.9 Å². The molecular weight excluding hydrogens is 448 g/mol. The van der Waals surface area contributed by atoms with E-state index in [0.717, 1.165) is 40.8 Å². The first-order chi connectivity index (χ1) is 17.7. The molecule has 5 rings (SSSR count). The van der Waals surface area contributed by atoms with E-state index in [-0.39, 0.29) is 5.69 Å². The van der Waals surface area contributed by atoms with Crippen molar-refractivity contribution >= 4 is 0 Å². The smallest absolute Gasteiger partial charge is 0.299 e. The summed E-state index contributed by atoms with van der Waals surface area (Å²) >= 11 is 0. The second-order valence-electron chi connectivity index (χ2n) is 8.67. The molecule has 0 bridgehead atoms. The summed E-state index contributed by atoms with van der Waals surface area (Å²) in [6, 6.07) is 26.6. The summed E-state index contributed by atoms with van der Waals surface area (Å²) in [5, 5.41) is 14.5. The van der Waals surface area contributed by atoms with Crippen molar-refractivity contribution in [1.29, 1.82) is 0 Å². The van der Waals surface area contributed by atoms with Crippen molar-refractivity contribution in [1.82, 2.24) is 29.8 Å². The van der Waals surface area contributed by atoms with Gasteiger partial charge in [0.25, 0.3) is 0 Å². The van der Waals surface area contributed by atoms with E-state index < -0.39 is 0 Å². The van der Waals surface area contributed by atoms with Crippen LogP contribution in [0.4, 0.5) is 0 Å². The van der Waals surface area contributed by atoms with Gasteiger partial charge in [0, 0.05) is 30.4 Å². The maximum Gasteiger partial charge on any atom is 0.328 e. The molecule has 0 fully saturated rings. The highest BCUT2D eigenvalue weighted by atomic mass is 16.1. The van der Waals surface area contributed by atoms with Gasteiger partial charge < -0.3 is 0 Å². The van der Waals surface area contributed by atoms with E-state index in [2.05, 4.69) is 63.1 Å². The summed E-state index contributed by atoms with van der Waals surface area (Å²) in [5.74, 6) is 0.562. The minimum Gasteiger partial charge on any atom is -0.299 e. The maximum absolute atomic E-state index is 13.3. The third kappa shape index (κ3) is 5.10. The fraction of sp³-hybridized carbons (Fsp3) is 0.172. The van der Waals surface area contributed by atoms with Crippen LogP contribution in [0.5, 0.6) is 0 Å². The lowest BCUT2D eigenvalue weighted by Crippen LogP contribution is -2.26. The van der Waals surface area contributed by atoms with Crippen LogP contribution in [0.15, 0.2) is 102 Å². The zero-order valence-corrected chi connectivity index (χ0v) is 20.2. The molecule has 7 heteroatoms. The van der Waals surface area contributed by atoms with Crippen LogP contribution in [0.25, 0.3) is 22.5 Å². The van der Waals surface area contributed by atoms with Gasteiger partial charge in [-0.1, -0.05) is 91.0 Å². The fourth-order valence-electron chi connectivity index (χ4n) is 4.39. The third-order valence-electron chi connectivity index (χ3n) is 6.29. The maximum atomic E-state index is 13.3. The summed E-state index contributed by atoms with van der Waals surface area (Å²) in [4.78, 5) is 13.3. The average molecular weight is 477 g/mol. The monoisotopic (exact) mass is 476 g/mol. The van der Waals surface area contributed by atoms with Crippen molar-refractivity contribution in [3.63, 3.8) is 0 Å². The molecule has 0 aliphatic heterocycles. The van der Waals surface area contributed by atoms with E-state index in [1.54, 1.807) is 0 Å². The van der Waals surface area contributed by atoms with Crippen molar-refractivity contribution in [3.05, 3.63) is 125 Å². The Kier molecular flexibility index (Phi) is 6.98. The number of imidazole rings is 1. The normalized spacial score (nSPS) is 11.4. The number of benzene rings is 3. The summed E-state index contributed by atoms with van der Waals surface area (Å²) in [5.41, 5.74) is 6.34. The predicted molar refractivity (Wildman–Crippen MR) is 142 cm³/mol. The van der Waals surface area contributed by atoms with Gasteiger partial charge in [0.05, 0.1) is 6.54 Å². The lowest BCUT2D eigenvalue weighted by molar-refractivity contribution is 0.631. The van der Waals surface area contributed by atoms with Crippen LogP contribution in [0.2, 0.25) is 0 Å². The van der Waals surface area contributed by atoms with Gasteiger partial charge in [-0.25, -0.2) is 4.79 Å². The largest absolute Gasteiger partial charge is 0.328 e. The first-order valence-corrected chi connectivity index (χ1v) is 12.1. The van der Waals surface area contributed by atoms with Crippen molar-refractivity contribution in [2.24, 2.45) is 0 Å². The molecule has 36 heavy (non-hydrogen) atoms. The lowest BCUT2D eigenvalue weighted by atomic mass is 9.98. The van der Waals surface area contributed by atoms with E-state index in [1.165, 1.54) is 5.56 Å². The van der Waals surface area contributed by atoms with Crippen molar-refractivity contribution in [3.8, 4) is 22.5 Å². The summed E-state index contributed by atoms with van der Waals surface area (Å²) < 4.78 is 3.72. The molecule has 2 aromatic heterocycles. The van der Waals surface area contributed by atoms with Crippen LogP contribution >= 0.6 is 0 Å². The minimum atomic E-state index is 0.0250. The van der Waals surface area contributed by atoms with Crippen LogP contribution in [0.1, 0.15) is 23.7 Å². The fourth-order valence-corrected chi connectivity index (χ4v) is 4.39. The topological polar surface area (TPSA) is 81.4 Å². The molecule has 0 radical (unpaired) electrons. The van der Waals surface area contributed by atoms with Gasteiger partial charge in [0.1, 0.15) is 0 Å². The molecule has 0 aliphatic rings. The Labute approximate surface area is 209 Å². The number of hydrogen-bond donors (Lipinski definition) is 1. The molecule has 5 aromatic rings. The number of tetrazole rings is 1. The van der Waals surface area contributed by atoms with Crippen molar-refractivity contribution in [2.45, 2.75) is 32.9 Å². The molecule has 1 N–H and O–H groups in total. The van der Waals surface area contributed by atoms with E-state index in [9.17, 15) is 4.79 Å². The number of hydrogen-bond acceptors (Lipinski definition) is 4. The SMILES string of the molecule is CC=CCc1cn(CCc2ccccc2)c(=O)n1Cc1ccc(-c2ccccc2-c2nn[nH]n2)cc1. The summed E-state index contributed by atoms with van der Waals surface area (Å²) in [6.45, 7) is 3.18. The molecule has 0 spiro atoms. The van der Waals surface area contributed by atoms with Crippen LogP contribution in [0, 0.1) is 0 Å². The number of rotatable bonds is 9. The highest BCUT2D eigenvalue weighted by molar-refractivity contribution is 5.80. The lowest BCUT2D eigenvalue weighted by Gasteiger charge is -2.09. The molecule has 3 aromatic carbocycles. The first kappa shape index (κ1) is 23.2. The molecule has 0 unspecified atom stereocenters. The van der Waals surface area contributed by atoms with E-state index >= 15 is 0 Å². The summed E-state index contributed by atoms with van der Waals surface area (Å²) in [6.07, 6.45) is 7.65. The number of aromatic nitrogens is 6. The average Bonchev–Trinajstić information content (AvgIpc) is 3.56. The van der Waals surface area contributed by atoms with E-state index in [4.69, 9.17) is 0 Å². The molecule has 0 saturated carbocycles. The Balaban J connectivity index is 1.39. The quantitative estimate of drug-likeness (QED) is 0.307. The van der Waals surface area contributed by atoms with Crippen LogP contribution in [-0.4, -0.2) is 29.8 Å². The molecule has 0 aliphatic carbocycles. The Morgan fingerprint density at radius 3 is 2.36 bits per heavy atom. The van der Waals surface area contributed by atoms with Crippen LogP contribution in [0.3, 0.4) is 0 Å². The van der Waals surface area contributed by atoms with Gasteiger partial charge in [-0.2, -0.15) is 5.21 Å². The number of nitrogens with zero attached hydrogens (tertiary/aromatic N) is 5. The molecule has 7 nitrogen and oxygen atoms in total. The number of aromatic amines is 1.